The molecule has 0 unspecified atom stereocenters. The maximum absolute atomic E-state index is 12.6. The Morgan fingerprint density at radius 2 is 2.20 bits per heavy atom. The SMILES string of the molecule is COc1cccc(CCC(=O)N2CCCN(Cc3ncc[nH]3)CC2)c1. The Balaban J connectivity index is 1.47. The molecule has 1 fully saturated rings. The van der Waals surface area contributed by atoms with Crippen molar-refractivity contribution in [1.82, 2.24) is 19.8 Å². The number of hydrogen-bond acceptors (Lipinski definition) is 4. The first kappa shape index (κ1) is 17.5. The number of methoxy groups -OCH3 is 1. The number of carbonyl (C=O) groups is 1. The van der Waals surface area contributed by atoms with Gasteiger partial charge in [-0.25, -0.2) is 4.98 Å². The zero-order chi connectivity index (χ0) is 17.5. The van der Waals surface area contributed by atoms with Gasteiger partial charge in [-0.05, 0) is 30.5 Å². The van der Waals surface area contributed by atoms with Crippen molar-refractivity contribution >= 4 is 5.91 Å². The normalized spacial score (nSPS) is 15.8. The van der Waals surface area contributed by atoms with Crippen molar-refractivity contribution in [2.75, 3.05) is 33.3 Å². The summed E-state index contributed by atoms with van der Waals surface area (Å²) in [4.78, 5) is 24.3. The van der Waals surface area contributed by atoms with Gasteiger partial charge in [0.2, 0.25) is 5.91 Å². The molecule has 25 heavy (non-hydrogen) atoms. The highest BCUT2D eigenvalue weighted by atomic mass is 16.5. The smallest absolute Gasteiger partial charge is 0.222 e. The molecule has 6 heteroatoms. The van der Waals surface area contributed by atoms with Crippen LogP contribution in [0.3, 0.4) is 0 Å². The third-order valence-corrected chi connectivity index (χ3v) is 4.63. The Morgan fingerprint density at radius 1 is 1.28 bits per heavy atom. The second-order valence-electron chi connectivity index (χ2n) is 6.40. The van der Waals surface area contributed by atoms with Crippen LogP contribution in [0, 0.1) is 0 Å². The van der Waals surface area contributed by atoms with E-state index in [4.69, 9.17) is 4.74 Å². The third-order valence-electron chi connectivity index (χ3n) is 4.63. The lowest BCUT2D eigenvalue weighted by Crippen LogP contribution is -2.35. The number of aromatic amines is 1. The topological polar surface area (TPSA) is 61.5 Å². The van der Waals surface area contributed by atoms with Gasteiger partial charge in [-0.3, -0.25) is 9.69 Å². The number of aromatic nitrogens is 2. The quantitative estimate of drug-likeness (QED) is 0.873. The van der Waals surface area contributed by atoms with E-state index in [0.29, 0.717) is 6.42 Å². The van der Waals surface area contributed by atoms with Crippen LogP contribution in [-0.2, 0) is 17.8 Å². The zero-order valence-electron chi connectivity index (χ0n) is 14.8. The second-order valence-corrected chi connectivity index (χ2v) is 6.40. The van der Waals surface area contributed by atoms with Gasteiger partial charge in [0.1, 0.15) is 11.6 Å². The van der Waals surface area contributed by atoms with Crippen molar-refractivity contribution in [3.63, 3.8) is 0 Å². The van der Waals surface area contributed by atoms with Gasteiger partial charge in [-0.2, -0.15) is 0 Å². The molecule has 0 atom stereocenters. The van der Waals surface area contributed by atoms with Gasteiger partial charge in [-0.1, -0.05) is 12.1 Å². The van der Waals surface area contributed by atoms with Crippen LogP contribution in [0.1, 0.15) is 24.2 Å². The van der Waals surface area contributed by atoms with E-state index in [-0.39, 0.29) is 5.91 Å². The average molecular weight is 342 g/mol. The molecule has 1 amide bonds. The summed E-state index contributed by atoms with van der Waals surface area (Å²) in [5.41, 5.74) is 1.14. The van der Waals surface area contributed by atoms with E-state index >= 15 is 0 Å². The van der Waals surface area contributed by atoms with E-state index in [0.717, 1.165) is 62.7 Å². The van der Waals surface area contributed by atoms with Crippen LogP contribution < -0.4 is 4.74 Å². The minimum absolute atomic E-state index is 0.239. The molecule has 0 aliphatic carbocycles. The average Bonchev–Trinajstić information content (AvgIpc) is 3.04. The van der Waals surface area contributed by atoms with Crippen molar-refractivity contribution in [3.8, 4) is 5.75 Å². The molecule has 3 rings (SSSR count). The van der Waals surface area contributed by atoms with Gasteiger partial charge in [0.15, 0.2) is 0 Å². The Labute approximate surface area is 148 Å². The number of hydrogen-bond donors (Lipinski definition) is 1. The number of ether oxygens (including phenoxy) is 1. The van der Waals surface area contributed by atoms with E-state index in [1.165, 1.54) is 0 Å². The lowest BCUT2D eigenvalue weighted by atomic mass is 10.1. The summed E-state index contributed by atoms with van der Waals surface area (Å²) < 4.78 is 5.24. The first-order valence-electron chi connectivity index (χ1n) is 8.86. The molecule has 1 aliphatic heterocycles. The number of rotatable bonds is 6. The summed E-state index contributed by atoms with van der Waals surface area (Å²) in [6, 6.07) is 7.94. The van der Waals surface area contributed by atoms with Crippen LogP contribution in [0.25, 0.3) is 0 Å². The van der Waals surface area contributed by atoms with Gasteiger partial charge >= 0.3 is 0 Å². The number of amides is 1. The monoisotopic (exact) mass is 342 g/mol. The van der Waals surface area contributed by atoms with Crippen LogP contribution in [-0.4, -0.2) is 59.0 Å². The fraction of sp³-hybridized carbons (Fsp3) is 0.474. The highest BCUT2D eigenvalue weighted by molar-refractivity contribution is 5.76. The van der Waals surface area contributed by atoms with Crippen LogP contribution in [0.2, 0.25) is 0 Å². The molecule has 1 aromatic heterocycles. The minimum Gasteiger partial charge on any atom is -0.497 e. The van der Waals surface area contributed by atoms with E-state index < -0.39 is 0 Å². The second kappa shape index (κ2) is 8.67. The molecular formula is C19H26N4O2. The van der Waals surface area contributed by atoms with Crippen molar-refractivity contribution in [3.05, 3.63) is 48.0 Å². The molecule has 1 aliphatic rings. The maximum Gasteiger partial charge on any atom is 0.222 e. The zero-order valence-corrected chi connectivity index (χ0v) is 14.8. The largest absolute Gasteiger partial charge is 0.497 e. The summed E-state index contributed by atoms with van der Waals surface area (Å²) in [6.07, 6.45) is 5.93. The molecule has 1 aromatic carbocycles. The summed E-state index contributed by atoms with van der Waals surface area (Å²) in [5.74, 6) is 2.06. The molecule has 1 saturated heterocycles. The van der Waals surface area contributed by atoms with Gasteiger partial charge < -0.3 is 14.6 Å². The summed E-state index contributed by atoms with van der Waals surface area (Å²) in [6.45, 7) is 4.34. The summed E-state index contributed by atoms with van der Waals surface area (Å²) >= 11 is 0. The number of aryl methyl sites for hydroxylation is 1. The van der Waals surface area contributed by atoms with Gasteiger partial charge in [0, 0.05) is 45.0 Å². The Morgan fingerprint density at radius 3 is 3.00 bits per heavy atom. The predicted octanol–water partition coefficient (Wildman–Crippen LogP) is 2.09. The number of nitrogens with zero attached hydrogens (tertiary/aromatic N) is 3. The Kier molecular flexibility index (Phi) is 6.06. The summed E-state index contributed by atoms with van der Waals surface area (Å²) in [7, 11) is 1.66. The van der Waals surface area contributed by atoms with Crippen molar-refractivity contribution in [2.45, 2.75) is 25.8 Å². The van der Waals surface area contributed by atoms with Gasteiger partial charge in [0.05, 0.1) is 13.7 Å². The molecule has 2 aromatic rings. The number of benzene rings is 1. The van der Waals surface area contributed by atoms with E-state index in [9.17, 15) is 4.79 Å². The van der Waals surface area contributed by atoms with E-state index in [1.54, 1.807) is 13.3 Å². The molecular weight excluding hydrogens is 316 g/mol. The molecule has 134 valence electrons. The van der Waals surface area contributed by atoms with Gasteiger partial charge in [0.25, 0.3) is 0 Å². The predicted molar refractivity (Wildman–Crippen MR) is 96.4 cm³/mol. The number of H-pyrrole nitrogens is 1. The lowest BCUT2D eigenvalue weighted by molar-refractivity contribution is -0.131. The van der Waals surface area contributed by atoms with Crippen LogP contribution in [0.5, 0.6) is 5.75 Å². The van der Waals surface area contributed by atoms with Crippen LogP contribution >= 0.6 is 0 Å². The fourth-order valence-electron chi connectivity index (χ4n) is 3.21. The van der Waals surface area contributed by atoms with Crippen LogP contribution in [0.4, 0.5) is 0 Å². The maximum atomic E-state index is 12.6. The Bertz CT molecular complexity index is 672. The Hall–Kier alpha value is -2.34. The molecule has 6 nitrogen and oxygen atoms in total. The molecule has 0 spiro atoms. The third kappa shape index (κ3) is 5.06. The number of carbonyl (C=O) groups excluding carboxylic acids is 1. The molecule has 1 N–H and O–H groups in total. The highest BCUT2D eigenvalue weighted by Crippen LogP contribution is 2.15. The van der Waals surface area contributed by atoms with Crippen molar-refractivity contribution < 1.29 is 9.53 Å². The summed E-state index contributed by atoms with van der Waals surface area (Å²) in [5, 5.41) is 0. The molecule has 0 saturated carbocycles. The first-order chi connectivity index (χ1) is 12.2. The van der Waals surface area contributed by atoms with E-state index in [1.807, 2.05) is 35.4 Å². The first-order valence-corrected chi connectivity index (χ1v) is 8.86. The lowest BCUT2D eigenvalue weighted by Gasteiger charge is -2.21. The standard InChI is InChI=1S/C19H26N4O2/c1-25-17-5-2-4-16(14-17)6-7-19(24)23-11-3-10-22(12-13-23)15-18-20-8-9-21-18/h2,4-5,8-9,14H,3,6-7,10-13,15H2,1H3,(H,20,21). The number of imidazole rings is 1. The van der Waals surface area contributed by atoms with Gasteiger partial charge in [-0.15, -0.1) is 0 Å². The van der Waals surface area contributed by atoms with E-state index in [2.05, 4.69) is 14.9 Å². The van der Waals surface area contributed by atoms with Crippen molar-refractivity contribution in [2.24, 2.45) is 0 Å². The molecule has 0 radical (unpaired) electrons. The molecule has 0 bridgehead atoms. The number of nitrogens with one attached hydrogen (secondary N) is 1. The minimum atomic E-state index is 0.239. The fourth-order valence-corrected chi connectivity index (χ4v) is 3.21. The molecule has 2 heterocycles. The van der Waals surface area contributed by atoms with Crippen molar-refractivity contribution in [1.29, 1.82) is 0 Å². The highest BCUT2D eigenvalue weighted by Gasteiger charge is 2.19. The van der Waals surface area contributed by atoms with Crippen LogP contribution in [0.15, 0.2) is 36.7 Å².